The highest BCUT2D eigenvalue weighted by molar-refractivity contribution is 6.15. The zero-order valence-electron chi connectivity index (χ0n) is 36.2. The first kappa shape index (κ1) is 42.6. The first-order valence-corrected chi connectivity index (χ1v) is 21.4. The number of nitrogens with two attached hydrogens (primary N) is 1. The molecule has 5 aromatic carbocycles. The molecular weight excluding hydrogens is 817 g/mol. The first-order valence-electron chi connectivity index (χ1n) is 21.4. The molecule has 9 rings (SSSR count). The molecule has 2 atom stereocenters. The Morgan fingerprint density at radius 1 is 0.688 bits per heavy atom. The maximum absolute atomic E-state index is 14.0. The fourth-order valence-corrected chi connectivity index (χ4v) is 8.75. The van der Waals surface area contributed by atoms with Gasteiger partial charge in [-0.2, -0.15) is 0 Å². The average Bonchev–Trinajstić information content (AvgIpc) is 3.81. The summed E-state index contributed by atoms with van der Waals surface area (Å²) in [4.78, 5) is 36.5. The molecule has 332 valence electrons. The number of methoxy groups -OCH3 is 3. The van der Waals surface area contributed by atoms with Crippen LogP contribution in [0.5, 0.6) is 23.0 Å². The number of hydrogen-bond acceptors (Lipinski definition) is 13. The Bertz CT molecular complexity index is 2570. The molecule has 0 saturated carbocycles. The van der Waals surface area contributed by atoms with Crippen LogP contribution in [0.4, 0.5) is 28.4 Å². The van der Waals surface area contributed by atoms with Crippen LogP contribution < -0.4 is 44.9 Å². The third-order valence-corrected chi connectivity index (χ3v) is 11.9. The van der Waals surface area contributed by atoms with Gasteiger partial charge in [-0.15, -0.1) is 0 Å². The van der Waals surface area contributed by atoms with E-state index < -0.39 is 0 Å². The zero-order chi connectivity index (χ0) is 44.2. The van der Waals surface area contributed by atoms with Crippen LogP contribution in [0.3, 0.4) is 0 Å². The zero-order valence-corrected chi connectivity index (χ0v) is 36.2. The molecule has 0 spiro atoms. The Hall–Kier alpha value is -6.65. The highest BCUT2D eigenvalue weighted by Crippen LogP contribution is 2.43. The highest BCUT2D eigenvalue weighted by Gasteiger charge is 2.38. The summed E-state index contributed by atoms with van der Waals surface area (Å²) in [5, 5.41) is 5.12. The summed E-state index contributed by atoms with van der Waals surface area (Å²) in [5.74, 6) is 8.18. The van der Waals surface area contributed by atoms with Crippen molar-refractivity contribution < 1.29 is 42.7 Å². The molecule has 15 nitrogen and oxygen atoms in total. The molecule has 0 radical (unpaired) electrons. The van der Waals surface area contributed by atoms with Crippen LogP contribution in [0.25, 0.3) is 0 Å². The Morgan fingerprint density at radius 2 is 1.30 bits per heavy atom. The lowest BCUT2D eigenvalue weighted by atomic mass is 10.1. The number of amides is 2. The summed E-state index contributed by atoms with van der Waals surface area (Å²) in [6.45, 7) is 3.53. The van der Waals surface area contributed by atoms with Crippen LogP contribution in [0.1, 0.15) is 43.0 Å². The van der Waals surface area contributed by atoms with E-state index in [9.17, 15) is 9.59 Å². The van der Waals surface area contributed by atoms with Crippen molar-refractivity contribution in [1.82, 2.24) is 0 Å². The normalized spacial score (nSPS) is 16.7. The molecule has 4 aliphatic heterocycles. The Kier molecular flexibility index (Phi) is 12.7. The smallest absolute Gasteiger partial charge is 0.261 e. The van der Waals surface area contributed by atoms with Gasteiger partial charge in [-0.3, -0.25) is 19.5 Å². The number of rotatable bonds is 18. The number of aliphatic imine (C=N–C) groups is 1. The van der Waals surface area contributed by atoms with Crippen LogP contribution in [0, 0.1) is 0 Å². The molecule has 0 bridgehead atoms. The lowest BCUT2D eigenvalue weighted by molar-refractivity contribution is 0.0264. The van der Waals surface area contributed by atoms with Gasteiger partial charge in [0.05, 0.1) is 94.1 Å². The van der Waals surface area contributed by atoms with Crippen LogP contribution in [-0.4, -0.2) is 97.6 Å². The number of anilines is 4. The second-order valence-corrected chi connectivity index (χ2v) is 16.0. The van der Waals surface area contributed by atoms with E-state index in [-0.39, 0.29) is 37.1 Å². The number of para-hydroxylation sites is 2. The number of nitrogens with zero attached hydrogens (tertiary/aromatic N) is 4. The molecule has 0 unspecified atom stereocenters. The van der Waals surface area contributed by atoms with Gasteiger partial charge in [0.25, 0.3) is 11.8 Å². The first-order chi connectivity index (χ1) is 31.3. The molecule has 64 heavy (non-hydrogen) atoms. The van der Waals surface area contributed by atoms with E-state index in [1.807, 2.05) is 77.8 Å². The Morgan fingerprint density at radius 3 is 2.00 bits per heavy atom. The van der Waals surface area contributed by atoms with Gasteiger partial charge in [0.15, 0.2) is 23.0 Å². The molecule has 5 aromatic rings. The summed E-state index contributed by atoms with van der Waals surface area (Å²) < 4.78 is 40.8. The van der Waals surface area contributed by atoms with E-state index in [2.05, 4.69) is 11.4 Å². The maximum atomic E-state index is 14.0. The van der Waals surface area contributed by atoms with Crippen LogP contribution >= 0.6 is 0 Å². The number of benzene rings is 5. The maximum Gasteiger partial charge on any atom is 0.261 e. The number of fused-ring (bicyclic) bond motifs is 8. The molecule has 4 heterocycles. The van der Waals surface area contributed by atoms with Crippen LogP contribution in [-0.2, 0) is 40.3 Å². The van der Waals surface area contributed by atoms with Crippen LogP contribution in [0.2, 0.25) is 0 Å². The molecule has 3 N–H and O–H groups in total. The van der Waals surface area contributed by atoms with Crippen molar-refractivity contribution >= 4 is 46.5 Å². The molecule has 15 heteroatoms. The predicted octanol–water partition coefficient (Wildman–Crippen LogP) is 6.51. The SMILES string of the molecule is COCCOCCOCCN(N)c1cc(COc2cc3c(cc2OC)C(=O)N2c4ccccc4C[C@H]2C=N3)cc(COc2cc3c(cc2OC)C(=O)N2c4ccccc4C[C@H]2CN3)c1. The number of carbonyl (C=O) groups is 2. The van der Waals surface area contributed by atoms with Gasteiger partial charge in [0.2, 0.25) is 0 Å². The topological polar surface area (TPSA) is 159 Å². The van der Waals surface area contributed by atoms with Crippen molar-refractivity contribution in [2.24, 2.45) is 10.8 Å². The molecular formula is C49H52N6O9. The number of hydrogen-bond donors (Lipinski definition) is 2. The van der Waals surface area contributed by atoms with Gasteiger partial charge in [-0.05, 0) is 71.1 Å². The van der Waals surface area contributed by atoms with Gasteiger partial charge < -0.3 is 48.4 Å². The van der Waals surface area contributed by atoms with Crippen LogP contribution in [0.15, 0.2) is 96.0 Å². The number of nitrogens with one attached hydrogen (secondary N) is 1. The number of carbonyl (C=O) groups excluding carboxylic acids is 2. The fraction of sp³-hybridized carbons (Fsp3) is 0.327. The molecule has 0 aliphatic carbocycles. The summed E-state index contributed by atoms with van der Waals surface area (Å²) in [6.07, 6.45) is 3.31. The summed E-state index contributed by atoms with van der Waals surface area (Å²) in [5.41, 5.74) is 8.55. The minimum absolute atomic E-state index is 0.00764. The van der Waals surface area contributed by atoms with Crippen molar-refractivity contribution in [3.8, 4) is 23.0 Å². The third kappa shape index (κ3) is 8.67. The van der Waals surface area contributed by atoms with E-state index in [0.29, 0.717) is 104 Å². The molecule has 0 aromatic heterocycles. The fourth-order valence-electron chi connectivity index (χ4n) is 8.75. The van der Waals surface area contributed by atoms with E-state index >= 15 is 0 Å². The quantitative estimate of drug-likeness (QED) is 0.0560. The molecule has 0 fully saturated rings. The lowest BCUT2D eigenvalue weighted by Gasteiger charge is -2.23. The van der Waals surface area contributed by atoms with Crippen molar-refractivity contribution in [3.05, 3.63) is 124 Å². The standard InChI is InChI=1S/C49H52N6O9/c1-58-14-15-62-17-16-61-13-12-53(50)35-19-31(29-63-46-25-40-38(23-44(46)59-2)48(56)54-36(27-51-40)21-33-8-4-6-10-42(33)54)18-32(20-35)30-64-47-26-41-39(24-45(47)60-3)49(57)55-37(28-52-41)22-34-9-5-7-11-43(34)55/h4-11,18-20,23-27,36-37,52H,12-17,21-22,28-30,50H2,1-3H3/t36-,37-/m0/s1. The van der Waals surface area contributed by atoms with E-state index in [0.717, 1.165) is 40.0 Å². The molecule has 2 amide bonds. The lowest BCUT2D eigenvalue weighted by Crippen LogP contribution is -2.39. The monoisotopic (exact) mass is 868 g/mol. The van der Waals surface area contributed by atoms with Gasteiger partial charge >= 0.3 is 0 Å². The predicted molar refractivity (Wildman–Crippen MR) is 244 cm³/mol. The van der Waals surface area contributed by atoms with Gasteiger partial charge in [-0.25, -0.2) is 5.84 Å². The van der Waals surface area contributed by atoms with Gasteiger partial charge in [0, 0.05) is 49.8 Å². The minimum Gasteiger partial charge on any atom is -0.493 e. The van der Waals surface area contributed by atoms with E-state index in [1.165, 1.54) is 0 Å². The second-order valence-electron chi connectivity index (χ2n) is 16.0. The Balaban J connectivity index is 0.944. The minimum atomic E-state index is -0.185. The van der Waals surface area contributed by atoms with Crippen molar-refractivity contribution in [2.75, 3.05) is 87.6 Å². The summed E-state index contributed by atoms with van der Waals surface area (Å²) in [6, 6.07) is 28.7. The van der Waals surface area contributed by atoms with Crippen molar-refractivity contribution in [2.45, 2.75) is 38.1 Å². The summed E-state index contributed by atoms with van der Waals surface area (Å²) >= 11 is 0. The average molecular weight is 869 g/mol. The number of ether oxygens (including phenoxy) is 7. The summed E-state index contributed by atoms with van der Waals surface area (Å²) in [7, 11) is 4.75. The van der Waals surface area contributed by atoms with Crippen molar-refractivity contribution in [3.63, 3.8) is 0 Å². The van der Waals surface area contributed by atoms with Crippen molar-refractivity contribution in [1.29, 1.82) is 0 Å². The molecule has 4 aliphatic rings. The van der Waals surface area contributed by atoms with Gasteiger partial charge in [0.1, 0.15) is 13.2 Å². The number of hydrazine groups is 1. The van der Waals surface area contributed by atoms with E-state index in [4.69, 9.17) is 44.0 Å². The molecule has 0 saturated heterocycles. The highest BCUT2D eigenvalue weighted by atomic mass is 16.5. The van der Waals surface area contributed by atoms with Gasteiger partial charge in [-0.1, -0.05) is 36.4 Å². The second kappa shape index (κ2) is 19.0. The third-order valence-electron chi connectivity index (χ3n) is 11.9. The Labute approximate surface area is 372 Å². The largest absolute Gasteiger partial charge is 0.493 e. The van der Waals surface area contributed by atoms with E-state index in [1.54, 1.807) is 49.4 Å².